The van der Waals surface area contributed by atoms with Gasteiger partial charge in [-0.3, -0.25) is 9.69 Å². The molecule has 0 N–H and O–H groups in total. The molecule has 3 aliphatic rings. The van der Waals surface area contributed by atoms with Crippen LogP contribution in [-0.4, -0.2) is 75.6 Å². The lowest BCUT2D eigenvalue weighted by Crippen LogP contribution is -2.52. The van der Waals surface area contributed by atoms with Crippen LogP contribution in [0.25, 0.3) is 10.9 Å². The van der Waals surface area contributed by atoms with Crippen molar-refractivity contribution in [1.82, 2.24) is 24.3 Å². The molecule has 34 heavy (non-hydrogen) atoms. The highest BCUT2D eigenvalue weighted by Gasteiger charge is 2.29. The van der Waals surface area contributed by atoms with Gasteiger partial charge in [0.1, 0.15) is 5.69 Å². The summed E-state index contributed by atoms with van der Waals surface area (Å²) in [7, 11) is 0. The van der Waals surface area contributed by atoms with Crippen LogP contribution in [0.5, 0.6) is 0 Å². The molecule has 0 radical (unpaired) electrons. The Bertz CT molecular complexity index is 1190. The molecule has 1 amide bonds. The fourth-order valence-electron chi connectivity index (χ4n) is 5.75. The molecule has 1 aromatic carbocycles. The van der Waals surface area contributed by atoms with E-state index in [0.29, 0.717) is 13.1 Å². The summed E-state index contributed by atoms with van der Waals surface area (Å²) < 4.78 is 2.14. The average Bonchev–Trinajstić information content (AvgIpc) is 3.08. The molecular weight excluding hydrogens is 424 g/mol. The van der Waals surface area contributed by atoms with E-state index in [0.717, 1.165) is 79.8 Å². The van der Waals surface area contributed by atoms with E-state index in [9.17, 15) is 4.79 Å². The molecule has 0 unspecified atom stereocenters. The van der Waals surface area contributed by atoms with E-state index in [-0.39, 0.29) is 5.91 Å². The van der Waals surface area contributed by atoms with Crippen LogP contribution in [-0.2, 0) is 19.4 Å². The minimum Gasteiger partial charge on any atom is -0.338 e. The third-order valence-electron chi connectivity index (χ3n) is 8.03. The molecule has 4 heterocycles. The number of para-hydroxylation sites is 1. The summed E-state index contributed by atoms with van der Waals surface area (Å²) in [5, 5.41) is 1.12. The smallest absolute Gasteiger partial charge is 0.270 e. The van der Waals surface area contributed by atoms with E-state index < -0.39 is 0 Å². The molecular formula is C27H34N6O. The van der Waals surface area contributed by atoms with Crippen LogP contribution in [0, 0.1) is 0 Å². The number of hydrogen-bond acceptors (Lipinski definition) is 5. The van der Waals surface area contributed by atoms with Crippen LogP contribution >= 0.6 is 0 Å². The van der Waals surface area contributed by atoms with E-state index in [1.807, 2.05) is 29.3 Å². The minimum atomic E-state index is 0.117. The Morgan fingerprint density at radius 3 is 2.59 bits per heavy atom. The van der Waals surface area contributed by atoms with Gasteiger partial charge in [-0.1, -0.05) is 24.6 Å². The number of aromatic nitrogens is 3. The summed E-state index contributed by atoms with van der Waals surface area (Å²) >= 11 is 0. The van der Waals surface area contributed by atoms with Gasteiger partial charge in [0.2, 0.25) is 5.95 Å². The molecule has 1 saturated heterocycles. The van der Waals surface area contributed by atoms with Crippen molar-refractivity contribution >= 4 is 22.8 Å². The standard InChI is InChI=1S/C27H34N6O/c1-2-33-24-9-4-3-6-20(24)18-25(33)26(34)31-12-10-21-19-28-27(29-23(21)11-13-31)32-16-14-30(15-17-32)22-7-5-8-22/h3-4,6,9,18-19,22H,2,5,7-8,10-17H2,1H3. The summed E-state index contributed by atoms with van der Waals surface area (Å²) in [5.74, 6) is 0.976. The van der Waals surface area contributed by atoms with Crippen molar-refractivity contribution in [1.29, 1.82) is 0 Å². The summed E-state index contributed by atoms with van der Waals surface area (Å²) in [5.41, 5.74) is 4.20. The molecule has 1 aliphatic carbocycles. The van der Waals surface area contributed by atoms with Gasteiger partial charge in [0.05, 0.1) is 5.69 Å². The second kappa shape index (κ2) is 9.02. The molecule has 3 aromatic rings. The Morgan fingerprint density at radius 1 is 1.03 bits per heavy atom. The van der Waals surface area contributed by atoms with Crippen LogP contribution in [0.15, 0.2) is 36.5 Å². The number of piperazine rings is 1. The number of anilines is 1. The number of aryl methyl sites for hydroxylation is 1. The summed E-state index contributed by atoms with van der Waals surface area (Å²) in [4.78, 5) is 30.2. The van der Waals surface area contributed by atoms with Crippen LogP contribution in [0.4, 0.5) is 5.95 Å². The number of benzene rings is 1. The molecule has 2 aliphatic heterocycles. The van der Waals surface area contributed by atoms with Gasteiger partial charge in [-0.15, -0.1) is 0 Å². The van der Waals surface area contributed by atoms with E-state index in [4.69, 9.17) is 9.97 Å². The molecule has 0 atom stereocenters. The van der Waals surface area contributed by atoms with Crippen LogP contribution in [0.1, 0.15) is 47.9 Å². The first-order valence-corrected chi connectivity index (χ1v) is 12.9. The zero-order chi connectivity index (χ0) is 23.1. The summed E-state index contributed by atoms with van der Waals surface area (Å²) in [6.07, 6.45) is 7.72. The Labute approximate surface area is 201 Å². The first kappa shape index (κ1) is 21.6. The van der Waals surface area contributed by atoms with E-state index >= 15 is 0 Å². The monoisotopic (exact) mass is 458 g/mol. The predicted molar refractivity (Wildman–Crippen MR) is 134 cm³/mol. The topological polar surface area (TPSA) is 57.5 Å². The highest BCUT2D eigenvalue weighted by molar-refractivity contribution is 5.98. The molecule has 7 nitrogen and oxygen atoms in total. The molecule has 0 spiro atoms. The Balaban J connectivity index is 1.15. The zero-order valence-corrected chi connectivity index (χ0v) is 20.1. The van der Waals surface area contributed by atoms with E-state index in [1.165, 1.54) is 24.8 Å². The second-order valence-corrected chi connectivity index (χ2v) is 9.87. The maximum atomic E-state index is 13.5. The Morgan fingerprint density at radius 2 is 1.82 bits per heavy atom. The van der Waals surface area contributed by atoms with Crippen LogP contribution in [0.3, 0.4) is 0 Å². The zero-order valence-electron chi connectivity index (χ0n) is 20.1. The van der Waals surface area contributed by atoms with Gasteiger partial charge in [0, 0.05) is 75.4 Å². The SMILES string of the molecule is CCn1c(C(=O)N2CCc3cnc(N4CCN(C5CCC5)CC4)nc3CC2)cc2ccccc21. The highest BCUT2D eigenvalue weighted by Crippen LogP contribution is 2.27. The number of amides is 1. The molecule has 2 fully saturated rings. The van der Waals surface area contributed by atoms with Crippen LogP contribution in [0.2, 0.25) is 0 Å². The maximum Gasteiger partial charge on any atom is 0.270 e. The lowest BCUT2D eigenvalue weighted by molar-refractivity contribution is 0.0752. The van der Waals surface area contributed by atoms with Crippen molar-refractivity contribution in [2.75, 3.05) is 44.2 Å². The predicted octanol–water partition coefficient (Wildman–Crippen LogP) is 3.37. The molecule has 0 bridgehead atoms. The Kier molecular flexibility index (Phi) is 5.73. The third kappa shape index (κ3) is 3.86. The van der Waals surface area contributed by atoms with Gasteiger partial charge >= 0.3 is 0 Å². The van der Waals surface area contributed by atoms with Crippen LogP contribution < -0.4 is 4.90 Å². The van der Waals surface area contributed by atoms with Crippen molar-refractivity contribution in [2.45, 2.75) is 51.6 Å². The molecule has 6 rings (SSSR count). The summed E-state index contributed by atoms with van der Waals surface area (Å²) in [6, 6.07) is 11.1. The van der Waals surface area contributed by atoms with Gasteiger partial charge in [0.15, 0.2) is 0 Å². The third-order valence-corrected chi connectivity index (χ3v) is 8.03. The van der Waals surface area contributed by atoms with Crippen molar-refractivity contribution in [3.05, 3.63) is 53.5 Å². The first-order chi connectivity index (χ1) is 16.7. The van der Waals surface area contributed by atoms with Gasteiger partial charge in [0.25, 0.3) is 5.91 Å². The number of carbonyl (C=O) groups is 1. The van der Waals surface area contributed by atoms with Gasteiger partial charge in [-0.05, 0) is 43.9 Å². The number of hydrogen-bond donors (Lipinski definition) is 0. The number of rotatable bonds is 4. The lowest BCUT2D eigenvalue weighted by atomic mass is 9.91. The molecule has 2 aromatic heterocycles. The van der Waals surface area contributed by atoms with E-state index in [1.54, 1.807) is 0 Å². The average molecular weight is 459 g/mol. The minimum absolute atomic E-state index is 0.117. The van der Waals surface area contributed by atoms with E-state index in [2.05, 4.69) is 33.4 Å². The highest BCUT2D eigenvalue weighted by atomic mass is 16.2. The quantitative estimate of drug-likeness (QED) is 0.600. The fourth-order valence-corrected chi connectivity index (χ4v) is 5.75. The number of carbonyl (C=O) groups excluding carboxylic acids is 1. The second-order valence-electron chi connectivity index (χ2n) is 9.87. The molecule has 1 saturated carbocycles. The number of nitrogens with zero attached hydrogens (tertiary/aromatic N) is 6. The van der Waals surface area contributed by atoms with Gasteiger partial charge in [-0.25, -0.2) is 9.97 Å². The maximum absolute atomic E-state index is 13.5. The van der Waals surface area contributed by atoms with Crippen molar-refractivity contribution in [3.8, 4) is 0 Å². The molecule has 178 valence electrons. The van der Waals surface area contributed by atoms with Crippen molar-refractivity contribution in [2.24, 2.45) is 0 Å². The Hall–Kier alpha value is -2.93. The largest absolute Gasteiger partial charge is 0.338 e. The lowest BCUT2D eigenvalue weighted by Gasteiger charge is -2.43. The normalized spacial score (nSPS) is 19.7. The van der Waals surface area contributed by atoms with Crippen molar-refractivity contribution < 1.29 is 4.79 Å². The van der Waals surface area contributed by atoms with Crippen molar-refractivity contribution in [3.63, 3.8) is 0 Å². The molecule has 7 heteroatoms. The van der Waals surface area contributed by atoms with Gasteiger partial charge in [-0.2, -0.15) is 0 Å². The fraction of sp³-hybridized carbons (Fsp3) is 0.519. The summed E-state index contributed by atoms with van der Waals surface area (Å²) in [6.45, 7) is 8.51. The number of fused-ring (bicyclic) bond motifs is 2. The first-order valence-electron chi connectivity index (χ1n) is 12.9. The van der Waals surface area contributed by atoms with Gasteiger partial charge < -0.3 is 14.4 Å².